The summed E-state index contributed by atoms with van der Waals surface area (Å²) < 4.78 is 14.1. The van der Waals surface area contributed by atoms with Gasteiger partial charge in [0.05, 0.1) is 47.9 Å². The summed E-state index contributed by atoms with van der Waals surface area (Å²) in [4.78, 5) is 31.3. The van der Waals surface area contributed by atoms with Gasteiger partial charge in [0.15, 0.2) is 13.1 Å². The van der Waals surface area contributed by atoms with E-state index in [1.807, 2.05) is 0 Å². The number of ether oxygens (including phenoxy) is 2. The maximum absolute atomic E-state index is 13.5. The highest BCUT2D eigenvalue weighted by molar-refractivity contribution is 5.71. The minimum absolute atomic E-state index is 0.0293. The Balaban J connectivity index is 1.33. The lowest BCUT2D eigenvalue weighted by atomic mass is 9.32. The summed E-state index contributed by atoms with van der Waals surface area (Å²) >= 11 is 0. The number of fused-ring (bicyclic) bond motifs is 7. The van der Waals surface area contributed by atoms with Crippen molar-refractivity contribution in [3.8, 4) is 0 Å². The van der Waals surface area contributed by atoms with Gasteiger partial charge in [-0.25, -0.2) is 9.59 Å². The zero-order valence-corrected chi connectivity index (χ0v) is 37.6. The molecule has 0 aromatic heterocycles. The molecule has 0 spiro atoms. The van der Waals surface area contributed by atoms with Crippen LogP contribution in [0.15, 0.2) is 12.2 Å². The van der Waals surface area contributed by atoms with Crippen LogP contribution in [0.5, 0.6) is 0 Å². The molecule has 5 fully saturated rings. The molecule has 0 saturated heterocycles. The Morgan fingerprint density at radius 3 is 1.87 bits per heavy atom. The van der Waals surface area contributed by atoms with Crippen LogP contribution >= 0.6 is 0 Å². The fourth-order valence-corrected chi connectivity index (χ4v) is 14.0. The van der Waals surface area contributed by atoms with Crippen LogP contribution in [0.25, 0.3) is 0 Å². The summed E-state index contributed by atoms with van der Waals surface area (Å²) in [5.41, 5.74) is 2.02. The lowest BCUT2D eigenvalue weighted by Gasteiger charge is -2.73. The molecule has 0 aromatic rings. The number of hydrogen-bond donors (Lipinski definition) is 0. The zero-order chi connectivity index (χ0) is 40.3. The second kappa shape index (κ2) is 15.4. The Morgan fingerprint density at radius 2 is 1.30 bits per heavy atom. The molecule has 0 bridgehead atoms. The van der Waals surface area contributed by atoms with Gasteiger partial charge >= 0.3 is 11.9 Å². The van der Waals surface area contributed by atoms with Crippen LogP contribution in [0, 0.1) is 56.7 Å². The van der Waals surface area contributed by atoms with Gasteiger partial charge < -0.3 is 28.2 Å². The van der Waals surface area contributed by atoms with Crippen molar-refractivity contribution in [3.05, 3.63) is 12.2 Å². The van der Waals surface area contributed by atoms with Crippen molar-refractivity contribution in [1.29, 1.82) is 0 Å². The van der Waals surface area contributed by atoms with Crippen molar-refractivity contribution in [2.24, 2.45) is 56.7 Å². The number of carbonyl (C=O) groups is 2. The molecule has 0 aromatic carbocycles. The van der Waals surface area contributed by atoms with E-state index in [1.54, 1.807) is 0 Å². The van der Waals surface area contributed by atoms with E-state index in [1.165, 1.54) is 44.1 Å². The van der Waals surface area contributed by atoms with E-state index in [0.29, 0.717) is 58.3 Å². The maximum atomic E-state index is 13.5. The van der Waals surface area contributed by atoms with Gasteiger partial charge in [-0.05, 0) is 145 Å². The zero-order valence-electron chi connectivity index (χ0n) is 37.6. The summed E-state index contributed by atoms with van der Waals surface area (Å²) in [6, 6.07) is 0. The molecule has 5 saturated carbocycles. The summed E-state index contributed by atoms with van der Waals surface area (Å²) in [7, 11) is 16.9. The predicted octanol–water partition coefficient (Wildman–Crippen LogP) is 7.38. The van der Waals surface area contributed by atoms with E-state index in [2.05, 4.69) is 114 Å². The minimum Gasteiger partial charge on any atom is -0.461 e. The van der Waals surface area contributed by atoms with Crippen molar-refractivity contribution in [3.63, 3.8) is 0 Å². The molecule has 0 aliphatic heterocycles. The fraction of sp³-hybridized carbons (Fsp3) is 0.913. The Kier molecular flexibility index (Phi) is 12.4. The molecular weight excluding hydrogens is 673 g/mol. The first kappa shape index (κ1) is 43.6. The molecule has 5 aliphatic rings. The van der Waals surface area contributed by atoms with E-state index in [9.17, 15) is 9.59 Å². The number of quaternary nitrogens is 2. The summed E-state index contributed by atoms with van der Waals surface area (Å²) in [5.74, 6) is 2.74. The summed E-state index contributed by atoms with van der Waals surface area (Å²) in [6.45, 7) is 24.9. The third kappa shape index (κ3) is 8.12. The van der Waals surface area contributed by atoms with Gasteiger partial charge in [0.1, 0.15) is 6.10 Å². The van der Waals surface area contributed by atoms with Gasteiger partial charge in [-0.1, -0.05) is 46.8 Å². The number of rotatable bonds is 14. The van der Waals surface area contributed by atoms with E-state index >= 15 is 0 Å². The Morgan fingerprint density at radius 1 is 0.704 bits per heavy atom. The quantitative estimate of drug-likeness (QED) is 0.105. The molecular formula is C46H84N4O4+2. The molecule has 0 heterocycles. The van der Waals surface area contributed by atoms with E-state index in [0.717, 1.165) is 51.9 Å². The highest BCUT2D eigenvalue weighted by atomic mass is 16.5. The van der Waals surface area contributed by atoms with Crippen LogP contribution in [-0.2, 0) is 19.1 Å². The number of hydrogen-bond acceptors (Lipinski definition) is 6. The first-order valence-electron chi connectivity index (χ1n) is 21.8. The largest absolute Gasteiger partial charge is 0.461 e. The van der Waals surface area contributed by atoms with E-state index in [-0.39, 0.29) is 45.1 Å². The summed E-state index contributed by atoms with van der Waals surface area (Å²) in [6.07, 6.45) is 11.7. The highest BCUT2D eigenvalue weighted by Crippen LogP contribution is 2.77. The van der Waals surface area contributed by atoms with Gasteiger partial charge in [0, 0.05) is 23.9 Å². The average Bonchev–Trinajstić information content (AvgIpc) is 3.44. The van der Waals surface area contributed by atoms with E-state index < -0.39 is 0 Å². The highest BCUT2D eigenvalue weighted by Gasteiger charge is 2.71. The molecule has 5 unspecified atom stereocenters. The van der Waals surface area contributed by atoms with Crippen molar-refractivity contribution in [1.82, 2.24) is 9.80 Å². The van der Waals surface area contributed by atoms with Crippen LogP contribution in [0.4, 0.5) is 0 Å². The minimum atomic E-state index is -0.0651. The standard InChI is InChI=1S/C46H84N4O4/c1-33(2)34-18-23-46(32-53-39(51)30-49(12,13)28-26-47(8)9)25-24-44(6)35(41(34)46)16-17-37-43(5)21-20-38(42(3,4)36(43)19-22-45(37,44)7)54-40(52)31-50(14,15)29-27-48(10)11/h34-38,41H,1,16-32H2,2-15H3/q+2/t34?,35?,36?,37?,38-,41?,43-,44+,45+,46+/m0/s1. The molecule has 8 heteroatoms. The first-order valence-corrected chi connectivity index (χ1v) is 21.8. The van der Waals surface area contributed by atoms with Gasteiger partial charge in [0.25, 0.3) is 0 Å². The molecule has 5 rings (SSSR count). The van der Waals surface area contributed by atoms with Crippen LogP contribution in [-0.4, -0.2) is 139 Å². The molecule has 310 valence electrons. The van der Waals surface area contributed by atoms with Gasteiger partial charge in [0.2, 0.25) is 0 Å². The molecule has 0 radical (unpaired) electrons. The van der Waals surface area contributed by atoms with Crippen LogP contribution in [0.2, 0.25) is 0 Å². The van der Waals surface area contributed by atoms with Crippen molar-refractivity contribution in [2.45, 2.75) is 112 Å². The monoisotopic (exact) mass is 757 g/mol. The molecule has 54 heavy (non-hydrogen) atoms. The van der Waals surface area contributed by atoms with E-state index in [4.69, 9.17) is 9.47 Å². The Bertz CT molecular complexity index is 1390. The van der Waals surface area contributed by atoms with Crippen LogP contribution in [0.1, 0.15) is 106 Å². The van der Waals surface area contributed by atoms with Gasteiger partial charge in [-0.3, -0.25) is 0 Å². The number of likely N-dealkylation sites (N-methyl/N-ethyl adjacent to an activating group) is 4. The second-order valence-electron chi connectivity index (χ2n) is 22.8. The molecule has 0 amide bonds. The number of allylic oxidation sites excluding steroid dienone is 1. The molecule has 0 N–H and O–H groups in total. The lowest BCUT2D eigenvalue weighted by molar-refractivity contribution is -0.882. The average molecular weight is 757 g/mol. The van der Waals surface area contributed by atoms with Gasteiger partial charge in [-0.2, -0.15) is 0 Å². The Hall–Kier alpha value is -1.48. The fourth-order valence-electron chi connectivity index (χ4n) is 14.0. The number of nitrogens with zero attached hydrogens (tertiary/aromatic N) is 4. The third-order valence-corrected chi connectivity index (χ3v) is 17.4. The molecule has 5 aliphatic carbocycles. The van der Waals surface area contributed by atoms with Crippen LogP contribution < -0.4 is 0 Å². The number of esters is 2. The second-order valence-corrected chi connectivity index (χ2v) is 22.8. The SMILES string of the molecule is C=C(C)C1CC[C@]2(COC(=O)C[N+](C)(C)CCN(C)C)CC[C@]3(C)C(CCC4[C@@]5(C)CC[C@H](OC(=O)C[N+](C)(C)CCN(C)C)C(C)(C)C5CC[C@]43C)C12. The van der Waals surface area contributed by atoms with Gasteiger partial charge in [-0.15, -0.1) is 0 Å². The summed E-state index contributed by atoms with van der Waals surface area (Å²) in [5, 5.41) is 0. The van der Waals surface area contributed by atoms with Crippen molar-refractivity contribution >= 4 is 11.9 Å². The maximum Gasteiger partial charge on any atom is 0.362 e. The molecule has 8 nitrogen and oxygen atoms in total. The van der Waals surface area contributed by atoms with Crippen LogP contribution in [0.3, 0.4) is 0 Å². The smallest absolute Gasteiger partial charge is 0.362 e. The molecule has 10 atom stereocenters. The van der Waals surface area contributed by atoms with Crippen molar-refractivity contribution in [2.75, 3.05) is 102 Å². The predicted molar refractivity (Wildman–Crippen MR) is 221 cm³/mol. The Labute approximate surface area is 331 Å². The topological polar surface area (TPSA) is 59.1 Å². The number of carbonyl (C=O) groups excluding carboxylic acids is 2. The third-order valence-electron chi connectivity index (χ3n) is 17.4. The normalized spacial score (nSPS) is 39.0. The first-order chi connectivity index (χ1) is 24.8. The van der Waals surface area contributed by atoms with Crippen molar-refractivity contribution < 1.29 is 28.0 Å². The lowest BCUT2D eigenvalue weighted by Crippen LogP contribution is -2.67.